The third-order valence-electron chi connectivity index (χ3n) is 9.23. The monoisotopic (exact) mass is 540 g/mol. The van der Waals surface area contributed by atoms with E-state index >= 15 is 0 Å². The van der Waals surface area contributed by atoms with E-state index in [0.29, 0.717) is 23.3 Å². The van der Waals surface area contributed by atoms with Crippen LogP contribution < -0.4 is 10.1 Å². The lowest BCUT2D eigenvalue weighted by Crippen LogP contribution is -2.64. The number of nitrogens with zero attached hydrogens (tertiary/aromatic N) is 3. The first kappa shape index (κ1) is 24.7. The Kier molecular flexibility index (Phi) is 5.48. The van der Waals surface area contributed by atoms with Gasteiger partial charge in [0.2, 0.25) is 0 Å². The van der Waals surface area contributed by atoms with Gasteiger partial charge in [-0.2, -0.15) is 0 Å². The number of aromatic nitrogens is 1. The molecule has 1 amide bonds. The number of pyridine rings is 1. The molecule has 0 unspecified atom stereocenters. The highest BCUT2D eigenvalue weighted by molar-refractivity contribution is 6.02. The molecular formula is C30H28N4O6. The fourth-order valence-electron chi connectivity index (χ4n) is 7.41. The van der Waals surface area contributed by atoms with Gasteiger partial charge in [-0.3, -0.25) is 19.9 Å². The Morgan fingerprint density at radius 2 is 2.02 bits per heavy atom. The van der Waals surface area contributed by atoms with Crippen LogP contribution in [0.4, 0.5) is 5.69 Å². The number of nitro groups is 1. The van der Waals surface area contributed by atoms with Crippen LogP contribution in [0.15, 0.2) is 60.9 Å². The number of hydrogen-bond acceptors (Lipinski definition) is 8. The number of hydrogen-bond donors (Lipinski definition) is 3. The van der Waals surface area contributed by atoms with Gasteiger partial charge in [-0.15, -0.1) is 0 Å². The first-order valence-electron chi connectivity index (χ1n) is 13.4. The number of piperidine rings is 1. The Morgan fingerprint density at radius 1 is 1.23 bits per heavy atom. The van der Waals surface area contributed by atoms with Gasteiger partial charge in [0.25, 0.3) is 11.6 Å². The summed E-state index contributed by atoms with van der Waals surface area (Å²) in [6.07, 6.45) is 7.22. The quantitative estimate of drug-likeness (QED) is 0.255. The minimum atomic E-state index is -0.810. The van der Waals surface area contributed by atoms with Crippen LogP contribution >= 0.6 is 0 Å². The Hall–Kier alpha value is -4.28. The standard InChI is InChI=1S/C30H28N4O6/c1-33-11-8-30-22-4-5-24(35)28(30)40-27-25(36)14-19(20(26(27)30)13-23(22)33)18-3-2-17(34(38)39)12-21(18)29(37)32-15-16-6-9-31-10-7-16/h2-7,9-10,12,14,22-24,28,35-36H,8,11,13,15H2,1H3,(H,32,37)/t22-,23+,24-,28-,30-/m0/s1. The van der Waals surface area contributed by atoms with Gasteiger partial charge in [-0.05, 0) is 73.0 Å². The van der Waals surface area contributed by atoms with E-state index in [4.69, 9.17) is 4.74 Å². The maximum atomic E-state index is 13.5. The summed E-state index contributed by atoms with van der Waals surface area (Å²) in [6, 6.07) is 9.55. The van der Waals surface area contributed by atoms with Crippen LogP contribution in [0.2, 0.25) is 0 Å². The molecule has 2 bridgehead atoms. The van der Waals surface area contributed by atoms with E-state index in [2.05, 4.69) is 28.3 Å². The zero-order valence-electron chi connectivity index (χ0n) is 21.8. The highest BCUT2D eigenvalue weighted by Gasteiger charge is 2.64. The number of aliphatic hydroxyl groups excluding tert-OH is 1. The van der Waals surface area contributed by atoms with Crippen molar-refractivity contribution in [2.24, 2.45) is 5.92 Å². The van der Waals surface area contributed by atoms with E-state index in [9.17, 15) is 25.1 Å². The van der Waals surface area contributed by atoms with Crippen molar-refractivity contribution in [2.45, 2.75) is 43.1 Å². The Bertz CT molecular complexity index is 1590. The summed E-state index contributed by atoms with van der Waals surface area (Å²) in [5.74, 6) is -0.0347. The normalized spacial score (nSPS) is 27.6. The number of phenolic OH excluding ortho intramolecular Hbond substituents is 1. The van der Waals surface area contributed by atoms with Crippen molar-refractivity contribution in [3.63, 3.8) is 0 Å². The van der Waals surface area contributed by atoms with Gasteiger partial charge in [0.05, 0.1) is 10.5 Å². The van der Waals surface area contributed by atoms with Crippen LogP contribution in [-0.4, -0.2) is 62.8 Å². The SMILES string of the molecule is CN1CC[C@]23c4c5c(-c6ccc([N+](=O)[O-])cc6C(=O)NCc6ccncc6)cc(O)c4O[C@H]2[C@@H](O)C=C[C@H]3[C@H]1C5. The van der Waals surface area contributed by atoms with Gasteiger partial charge < -0.3 is 25.2 Å². The lowest BCUT2D eigenvalue weighted by atomic mass is 9.53. The summed E-state index contributed by atoms with van der Waals surface area (Å²) in [6.45, 7) is 1.05. The molecule has 2 aliphatic carbocycles. The van der Waals surface area contributed by atoms with E-state index < -0.39 is 28.5 Å². The number of nitro benzene ring substituents is 1. The van der Waals surface area contributed by atoms with Crippen molar-refractivity contribution in [2.75, 3.05) is 13.6 Å². The highest BCUT2D eigenvalue weighted by atomic mass is 16.6. The molecule has 4 aliphatic rings. The van der Waals surface area contributed by atoms with E-state index in [1.165, 1.54) is 12.1 Å². The third kappa shape index (κ3) is 3.42. The van der Waals surface area contributed by atoms with Gasteiger partial charge in [0, 0.05) is 54.0 Å². The van der Waals surface area contributed by atoms with Crippen LogP contribution in [0.5, 0.6) is 11.5 Å². The second kappa shape index (κ2) is 8.87. The fraction of sp³-hybridized carbons (Fsp3) is 0.333. The summed E-state index contributed by atoms with van der Waals surface area (Å²) in [5.41, 5.74) is 3.27. The van der Waals surface area contributed by atoms with Gasteiger partial charge in [0.1, 0.15) is 12.2 Å². The maximum absolute atomic E-state index is 13.5. The van der Waals surface area contributed by atoms with Crippen molar-refractivity contribution in [3.05, 3.63) is 93.3 Å². The highest BCUT2D eigenvalue weighted by Crippen LogP contribution is 2.63. The molecule has 5 atom stereocenters. The van der Waals surface area contributed by atoms with Crippen LogP contribution in [0.25, 0.3) is 11.1 Å². The summed E-state index contributed by atoms with van der Waals surface area (Å²) >= 11 is 0. The minimum absolute atomic E-state index is 0.0673. The van der Waals surface area contributed by atoms with Crippen molar-refractivity contribution >= 4 is 11.6 Å². The zero-order chi connectivity index (χ0) is 27.8. The molecule has 40 heavy (non-hydrogen) atoms. The summed E-state index contributed by atoms with van der Waals surface area (Å²) in [7, 11) is 2.09. The summed E-state index contributed by atoms with van der Waals surface area (Å²) < 4.78 is 6.32. The van der Waals surface area contributed by atoms with Crippen LogP contribution in [0, 0.1) is 16.0 Å². The number of non-ortho nitro benzene ring substituents is 1. The average Bonchev–Trinajstić information content (AvgIpc) is 3.32. The molecule has 2 aliphatic heterocycles. The van der Waals surface area contributed by atoms with Crippen LogP contribution in [0.3, 0.4) is 0 Å². The Morgan fingerprint density at radius 3 is 2.80 bits per heavy atom. The molecule has 3 aromatic rings. The van der Waals surface area contributed by atoms with Crippen molar-refractivity contribution in [3.8, 4) is 22.6 Å². The molecule has 0 saturated carbocycles. The van der Waals surface area contributed by atoms with E-state index in [-0.39, 0.29) is 35.5 Å². The number of carbonyl (C=O) groups is 1. The molecule has 10 nitrogen and oxygen atoms in total. The summed E-state index contributed by atoms with van der Waals surface area (Å²) in [5, 5.41) is 36.8. The lowest BCUT2D eigenvalue weighted by Gasteiger charge is -2.56. The predicted octanol–water partition coefficient (Wildman–Crippen LogP) is 3.10. The Balaban J connectivity index is 1.40. The molecular weight excluding hydrogens is 512 g/mol. The van der Waals surface area contributed by atoms with E-state index in [1.807, 2.05) is 0 Å². The second-order valence-corrected chi connectivity index (χ2v) is 11.1. The van der Waals surface area contributed by atoms with Crippen molar-refractivity contribution in [1.29, 1.82) is 0 Å². The Labute approximate surface area is 230 Å². The molecule has 1 spiro atoms. The number of phenols is 1. The fourth-order valence-corrected chi connectivity index (χ4v) is 7.41. The molecule has 3 heterocycles. The van der Waals surface area contributed by atoms with E-state index in [0.717, 1.165) is 29.7 Å². The third-order valence-corrected chi connectivity index (χ3v) is 9.23. The number of aromatic hydroxyl groups is 1. The maximum Gasteiger partial charge on any atom is 0.270 e. The molecule has 2 aromatic carbocycles. The number of ether oxygens (including phenoxy) is 1. The minimum Gasteiger partial charge on any atom is -0.504 e. The molecule has 1 fully saturated rings. The van der Waals surface area contributed by atoms with Crippen molar-refractivity contribution < 1.29 is 24.7 Å². The number of amides is 1. The summed E-state index contributed by atoms with van der Waals surface area (Å²) in [4.78, 5) is 31.0. The van der Waals surface area contributed by atoms with E-state index in [1.54, 1.807) is 42.7 Å². The lowest BCUT2D eigenvalue weighted by molar-refractivity contribution is -0.384. The molecule has 3 N–H and O–H groups in total. The molecule has 1 aromatic heterocycles. The van der Waals surface area contributed by atoms with Gasteiger partial charge in [0.15, 0.2) is 11.5 Å². The van der Waals surface area contributed by atoms with Crippen LogP contribution in [-0.2, 0) is 18.4 Å². The van der Waals surface area contributed by atoms with Gasteiger partial charge in [-0.1, -0.05) is 12.2 Å². The number of benzene rings is 2. The number of likely N-dealkylation sites (N-methyl/N-ethyl adjacent to an activating group) is 1. The first-order valence-corrected chi connectivity index (χ1v) is 13.4. The number of aliphatic hydroxyl groups is 1. The average molecular weight is 541 g/mol. The number of likely N-dealkylation sites (tertiary alicyclic amines) is 1. The predicted molar refractivity (Wildman–Crippen MR) is 145 cm³/mol. The molecule has 7 rings (SSSR count). The van der Waals surface area contributed by atoms with Crippen LogP contribution in [0.1, 0.15) is 33.5 Å². The molecule has 1 saturated heterocycles. The largest absolute Gasteiger partial charge is 0.504 e. The number of carbonyl (C=O) groups excluding carboxylic acids is 1. The van der Waals surface area contributed by atoms with Crippen molar-refractivity contribution in [1.82, 2.24) is 15.2 Å². The first-order chi connectivity index (χ1) is 19.3. The van der Waals surface area contributed by atoms with Gasteiger partial charge in [-0.25, -0.2) is 0 Å². The molecule has 10 heteroatoms. The zero-order valence-corrected chi connectivity index (χ0v) is 21.8. The molecule has 204 valence electrons. The topological polar surface area (TPSA) is 138 Å². The smallest absolute Gasteiger partial charge is 0.270 e. The second-order valence-electron chi connectivity index (χ2n) is 11.1. The van der Waals surface area contributed by atoms with Gasteiger partial charge >= 0.3 is 0 Å². The number of nitrogens with one attached hydrogen (secondary N) is 1. The number of rotatable bonds is 5. The molecule has 0 radical (unpaired) electrons.